The molecule has 0 atom stereocenters. The lowest BCUT2D eigenvalue weighted by Crippen LogP contribution is -2.12. The normalized spacial score (nSPS) is 10.8. The number of anilines is 1. The Labute approximate surface area is 133 Å². The minimum absolute atomic E-state index is 0.118. The smallest absolute Gasteiger partial charge is 0.259 e. The van der Waals surface area contributed by atoms with Crippen molar-refractivity contribution in [2.45, 2.75) is 0 Å². The highest BCUT2D eigenvalue weighted by Gasteiger charge is 2.18. The maximum Gasteiger partial charge on any atom is 0.259 e. The molecular weight excluding hydrogens is 333 g/mol. The van der Waals surface area contributed by atoms with Gasteiger partial charge in [-0.25, -0.2) is 0 Å². The second-order valence-corrected chi connectivity index (χ2v) is 5.49. The van der Waals surface area contributed by atoms with E-state index in [9.17, 15) is 9.90 Å². The summed E-state index contributed by atoms with van der Waals surface area (Å²) in [5.74, 6) is -0.612. The maximum absolute atomic E-state index is 12.2. The number of phenolic OH excluding ortho intramolecular Hbond substituents is 1. The number of para-hydroxylation sites is 1. The third-order valence-electron chi connectivity index (χ3n) is 2.83. The van der Waals surface area contributed by atoms with Crippen LogP contribution >= 0.6 is 34.9 Å². The summed E-state index contributed by atoms with van der Waals surface area (Å²) in [5.41, 5.74) is 1.35. The maximum atomic E-state index is 12.2. The summed E-state index contributed by atoms with van der Waals surface area (Å²) in [4.78, 5) is 12.2. The highest BCUT2D eigenvalue weighted by molar-refractivity contribution is 7.00. The van der Waals surface area contributed by atoms with Crippen LogP contribution in [0.25, 0.3) is 11.0 Å². The molecule has 0 spiro atoms. The number of fused-ring (bicyclic) bond motifs is 1. The number of nitrogens with zero attached hydrogens (tertiary/aromatic N) is 2. The molecular formula is C13H7Cl2N3O2S. The number of phenols is 1. The molecule has 3 rings (SSSR count). The first-order valence-electron chi connectivity index (χ1n) is 5.77. The van der Waals surface area contributed by atoms with Crippen molar-refractivity contribution in [2.24, 2.45) is 0 Å². The van der Waals surface area contributed by atoms with Gasteiger partial charge in [0.05, 0.1) is 33.0 Å². The molecule has 1 heterocycles. The predicted octanol–water partition coefficient (Wildman–Crippen LogP) is 3.96. The molecule has 2 N–H and O–H groups in total. The minimum Gasteiger partial charge on any atom is -0.507 e. The molecule has 1 amide bonds. The van der Waals surface area contributed by atoms with Gasteiger partial charge >= 0.3 is 0 Å². The molecule has 8 heteroatoms. The van der Waals surface area contributed by atoms with Gasteiger partial charge in [0.1, 0.15) is 16.8 Å². The molecule has 0 unspecified atom stereocenters. The fraction of sp³-hybridized carbons (Fsp3) is 0. The summed E-state index contributed by atoms with van der Waals surface area (Å²) < 4.78 is 8.15. The van der Waals surface area contributed by atoms with Crippen molar-refractivity contribution in [1.29, 1.82) is 0 Å². The monoisotopic (exact) mass is 339 g/mol. The van der Waals surface area contributed by atoms with Gasteiger partial charge in [0.25, 0.3) is 5.91 Å². The average molecular weight is 340 g/mol. The van der Waals surface area contributed by atoms with Gasteiger partial charge in [-0.15, -0.1) is 0 Å². The van der Waals surface area contributed by atoms with Gasteiger partial charge in [0.15, 0.2) is 0 Å². The number of aromatic hydroxyl groups is 1. The van der Waals surface area contributed by atoms with E-state index < -0.39 is 5.91 Å². The Morgan fingerprint density at radius 1 is 1.14 bits per heavy atom. The van der Waals surface area contributed by atoms with Gasteiger partial charge < -0.3 is 10.4 Å². The van der Waals surface area contributed by atoms with E-state index in [0.717, 1.165) is 11.7 Å². The van der Waals surface area contributed by atoms with Gasteiger partial charge in [-0.3, -0.25) is 4.79 Å². The van der Waals surface area contributed by atoms with E-state index in [1.807, 2.05) is 0 Å². The van der Waals surface area contributed by atoms with Gasteiger partial charge in [-0.05, 0) is 18.2 Å². The molecule has 0 fully saturated rings. The Kier molecular flexibility index (Phi) is 3.67. The van der Waals surface area contributed by atoms with Gasteiger partial charge in [0, 0.05) is 0 Å². The van der Waals surface area contributed by atoms with Crippen molar-refractivity contribution in [1.82, 2.24) is 8.75 Å². The lowest BCUT2D eigenvalue weighted by Gasteiger charge is -2.09. The van der Waals surface area contributed by atoms with E-state index in [4.69, 9.17) is 23.2 Å². The van der Waals surface area contributed by atoms with Gasteiger partial charge in [-0.1, -0.05) is 35.3 Å². The third-order valence-corrected chi connectivity index (χ3v) is 3.95. The Balaban J connectivity index is 2.05. The number of carbonyl (C=O) groups excluding carboxylic acids is 1. The number of carbonyl (C=O) groups is 1. The SMILES string of the molecule is O=C(Nc1c(Cl)cc(Cl)c2nsnc12)c1ccccc1O. The molecule has 106 valence electrons. The Morgan fingerprint density at radius 3 is 2.62 bits per heavy atom. The minimum atomic E-state index is -0.494. The molecule has 0 saturated heterocycles. The highest BCUT2D eigenvalue weighted by Crippen LogP contribution is 2.35. The zero-order valence-electron chi connectivity index (χ0n) is 10.3. The van der Waals surface area contributed by atoms with E-state index in [0.29, 0.717) is 21.7 Å². The molecule has 2 aromatic carbocycles. The number of aromatic nitrogens is 2. The van der Waals surface area contributed by atoms with Crippen LogP contribution in [0.15, 0.2) is 30.3 Å². The van der Waals surface area contributed by atoms with Gasteiger partial charge in [-0.2, -0.15) is 8.75 Å². The number of hydrogen-bond donors (Lipinski definition) is 2. The standard InChI is InChI=1S/C13H7Cl2N3O2S/c14-7-5-8(15)11-12(18-21-17-11)10(7)16-13(20)6-3-1-2-4-9(6)19/h1-5,19H,(H,16,20). The number of amides is 1. The number of rotatable bonds is 2. The summed E-state index contributed by atoms with van der Waals surface area (Å²) >= 11 is 13.1. The molecule has 0 aliphatic rings. The third kappa shape index (κ3) is 2.53. The molecule has 0 aliphatic heterocycles. The van der Waals surface area contributed by atoms with Crippen LogP contribution in [-0.2, 0) is 0 Å². The number of benzene rings is 2. The first-order valence-corrected chi connectivity index (χ1v) is 7.26. The van der Waals surface area contributed by atoms with E-state index in [1.165, 1.54) is 18.2 Å². The first-order chi connectivity index (χ1) is 10.1. The highest BCUT2D eigenvalue weighted by atomic mass is 35.5. The van der Waals surface area contributed by atoms with Crippen LogP contribution in [0, 0.1) is 0 Å². The number of halogens is 2. The summed E-state index contributed by atoms with van der Waals surface area (Å²) in [6, 6.07) is 7.71. The predicted molar refractivity (Wildman–Crippen MR) is 83.5 cm³/mol. The summed E-state index contributed by atoms with van der Waals surface area (Å²) in [5, 5.41) is 13.0. The molecule has 21 heavy (non-hydrogen) atoms. The summed E-state index contributed by atoms with van der Waals surface area (Å²) in [7, 11) is 0. The molecule has 0 saturated carbocycles. The van der Waals surface area contributed by atoms with E-state index in [-0.39, 0.29) is 16.3 Å². The average Bonchev–Trinajstić information content (AvgIpc) is 2.93. The van der Waals surface area contributed by atoms with E-state index >= 15 is 0 Å². The van der Waals surface area contributed by atoms with E-state index in [2.05, 4.69) is 14.1 Å². The second kappa shape index (κ2) is 5.48. The molecule has 1 aromatic heterocycles. The van der Waals surface area contributed by atoms with Crippen molar-refractivity contribution in [3.63, 3.8) is 0 Å². The first kappa shape index (κ1) is 14.1. The molecule has 0 bridgehead atoms. The zero-order valence-corrected chi connectivity index (χ0v) is 12.6. The van der Waals surface area contributed by atoms with Crippen molar-refractivity contribution in [3.05, 3.63) is 45.9 Å². The largest absolute Gasteiger partial charge is 0.507 e. The van der Waals surface area contributed by atoms with Crippen LogP contribution in [0.5, 0.6) is 5.75 Å². The van der Waals surface area contributed by atoms with Crippen LogP contribution in [0.1, 0.15) is 10.4 Å². The fourth-order valence-electron chi connectivity index (χ4n) is 1.84. The van der Waals surface area contributed by atoms with Crippen LogP contribution in [0.4, 0.5) is 5.69 Å². The van der Waals surface area contributed by atoms with Gasteiger partial charge in [0.2, 0.25) is 0 Å². The van der Waals surface area contributed by atoms with Crippen molar-refractivity contribution >= 4 is 57.6 Å². The summed E-state index contributed by atoms with van der Waals surface area (Å²) in [6.07, 6.45) is 0. The van der Waals surface area contributed by atoms with Crippen LogP contribution in [0.2, 0.25) is 10.0 Å². The molecule has 5 nitrogen and oxygen atoms in total. The zero-order chi connectivity index (χ0) is 15.0. The fourth-order valence-corrected chi connectivity index (χ4v) is 3.00. The molecule has 3 aromatic rings. The number of hydrogen-bond acceptors (Lipinski definition) is 5. The number of nitrogens with one attached hydrogen (secondary N) is 1. The van der Waals surface area contributed by atoms with Crippen molar-refractivity contribution < 1.29 is 9.90 Å². The Morgan fingerprint density at radius 2 is 1.86 bits per heavy atom. The van der Waals surface area contributed by atoms with Crippen molar-refractivity contribution in [3.8, 4) is 5.75 Å². The van der Waals surface area contributed by atoms with E-state index in [1.54, 1.807) is 12.1 Å². The lowest BCUT2D eigenvalue weighted by atomic mass is 10.2. The Bertz CT molecular complexity index is 851. The lowest BCUT2D eigenvalue weighted by molar-refractivity contribution is 0.102. The molecule has 0 radical (unpaired) electrons. The quantitative estimate of drug-likeness (QED) is 0.741. The van der Waals surface area contributed by atoms with Crippen LogP contribution in [0.3, 0.4) is 0 Å². The van der Waals surface area contributed by atoms with Crippen LogP contribution in [-0.4, -0.2) is 19.8 Å². The second-order valence-electron chi connectivity index (χ2n) is 4.15. The van der Waals surface area contributed by atoms with Crippen molar-refractivity contribution in [2.75, 3.05) is 5.32 Å². The topological polar surface area (TPSA) is 75.1 Å². The molecule has 0 aliphatic carbocycles. The summed E-state index contributed by atoms with van der Waals surface area (Å²) in [6.45, 7) is 0. The van der Waals surface area contributed by atoms with Crippen LogP contribution < -0.4 is 5.32 Å². The Hall–Kier alpha value is -1.89.